The zero-order valence-electron chi connectivity index (χ0n) is 17.0. The number of non-ortho nitro benzene ring substituents is 1. The Labute approximate surface area is 210 Å². The SMILES string of the molecule is O=C(O)c1cc([N+](=O)[O-])ccc1C(=O)Nc1ccc2nc(SCc3ccc(Cl)c(Cl)c3)sc2c1. The van der Waals surface area contributed by atoms with E-state index in [2.05, 4.69) is 10.3 Å². The van der Waals surface area contributed by atoms with E-state index < -0.39 is 28.1 Å². The molecule has 0 aliphatic carbocycles. The number of benzene rings is 3. The molecule has 4 aromatic rings. The molecule has 0 radical (unpaired) electrons. The molecule has 1 heterocycles. The van der Waals surface area contributed by atoms with Crippen molar-refractivity contribution in [2.45, 2.75) is 10.1 Å². The lowest BCUT2D eigenvalue weighted by Crippen LogP contribution is -2.16. The third kappa shape index (κ3) is 5.31. The standard InChI is InChI=1S/C22H13Cl2N3O5S2/c23-16-5-1-11(7-17(16)24)10-33-22-26-18-6-2-12(8-19(18)34-22)25-20(28)14-4-3-13(27(31)32)9-15(14)21(29)30/h1-9H,10H2,(H,25,28)(H,29,30). The summed E-state index contributed by atoms with van der Waals surface area (Å²) in [5.74, 6) is -1.47. The Kier molecular flexibility index (Phi) is 7.03. The first-order valence-corrected chi connectivity index (χ1v) is 12.1. The number of nitro benzene ring substituents is 1. The Balaban J connectivity index is 1.51. The molecule has 2 N–H and O–H groups in total. The summed E-state index contributed by atoms with van der Waals surface area (Å²) in [6, 6.07) is 13.7. The minimum atomic E-state index is -1.43. The monoisotopic (exact) mass is 533 g/mol. The van der Waals surface area contributed by atoms with Gasteiger partial charge in [-0.05, 0) is 42.0 Å². The average molecular weight is 534 g/mol. The predicted molar refractivity (Wildman–Crippen MR) is 134 cm³/mol. The summed E-state index contributed by atoms with van der Waals surface area (Å²) in [5, 5.41) is 23.9. The third-order valence-corrected chi connectivity index (χ3v) is 7.63. The molecule has 34 heavy (non-hydrogen) atoms. The molecule has 0 fully saturated rings. The van der Waals surface area contributed by atoms with E-state index in [0.717, 1.165) is 38.3 Å². The van der Waals surface area contributed by atoms with Gasteiger partial charge in [0.1, 0.15) is 0 Å². The van der Waals surface area contributed by atoms with E-state index in [1.807, 2.05) is 6.07 Å². The number of halogens is 2. The molecule has 0 atom stereocenters. The fourth-order valence-electron chi connectivity index (χ4n) is 3.04. The van der Waals surface area contributed by atoms with Crippen molar-refractivity contribution < 1.29 is 19.6 Å². The molecule has 0 saturated heterocycles. The Morgan fingerprint density at radius 3 is 2.56 bits per heavy atom. The second-order valence-electron chi connectivity index (χ2n) is 6.95. The van der Waals surface area contributed by atoms with Crippen LogP contribution in [0, 0.1) is 10.1 Å². The molecule has 1 amide bonds. The van der Waals surface area contributed by atoms with Crippen LogP contribution in [0.4, 0.5) is 11.4 Å². The van der Waals surface area contributed by atoms with Crippen LogP contribution in [0.15, 0.2) is 58.9 Å². The van der Waals surface area contributed by atoms with Crippen molar-refractivity contribution in [1.29, 1.82) is 0 Å². The molecule has 8 nitrogen and oxygen atoms in total. The minimum Gasteiger partial charge on any atom is -0.478 e. The number of hydrogen-bond acceptors (Lipinski definition) is 7. The summed E-state index contributed by atoms with van der Waals surface area (Å²) >= 11 is 15.0. The fraction of sp³-hybridized carbons (Fsp3) is 0.0455. The summed E-state index contributed by atoms with van der Waals surface area (Å²) in [6.45, 7) is 0. The number of carbonyl (C=O) groups excluding carboxylic acids is 1. The first-order chi connectivity index (χ1) is 16.2. The van der Waals surface area contributed by atoms with E-state index in [-0.39, 0.29) is 5.56 Å². The van der Waals surface area contributed by atoms with Crippen LogP contribution in [0.2, 0.25) is 10.0 Å². The largest absolute Gasteiger partial charge is 0.478 e. The highest BCUT2D eigenvalue weighted by Crippen LogP contribution is 2.34. The molecule has 172 valence electrons. The van der Waals surface area contributed by atoms with Crippen molar-refractivity contribution in [3.8, 4) is 0 Å². The van der Waals surface area contributed by atoms with Crippen molar-refractivity contribution in [2.75, 3.05) is 5.32 Å². The lowest BCUT2D eigenvalue weighted by atomic mass is 10.1. The first kappa shape index (κ1) is 24.0. The van der Waals surface area contributed by atoms with Gasteiger partial charge in [0.05, 0.1) is 36.3 Å². The summed E-state index contributed by atoms with van der Waals surface area (Å²) in [7, 11) is 0. The molecular weight excluding hydrogens is 521 g/mol. The number of carboxylic acid groups (broad SMARTS) is 1. The highest BCUT2D eigenvalue weighted by atomic mass is 35.5. The van der Waals surface area contributed by atoms with Crippen LogP contribution in [-0.2, 0) is 5.75 Å². The zero-order valence-corrected chi connectivity index (χ0v) is 20.1. The van der Waals surface area contributed by atoms with Gasteiger partial charge in [-0.2, -0.15) is 0 Å². The topological polar surface area (TPSA) is 122 Å². The molecule has 12 heteroatoms. The van der Waals surface area contributed by atoms with Gasteiger partial charge in [0, 0.05) is 23.6 Å². The van der Waals surface area contributed by atoms with E-state index in [0.29, 0.717) is 21.5 Å². The fourth-order valence-corrected chi connectivity index (χ4v) is 5.41. The van der Waals surface area contributed by atoms with Crippen molar-refractivity contribution in [3.63, 3.8) is 0 Å². The number of aromatic nitrogens is 1. The Morgan fingerprint density at radius 1 is 1.06 bits per heavy atom. The third-order valence-electron chi connectivity index (χ3n) is 4.66. The minimum absolute atomic E-state index is 0.180. The number of nitro groups is 1. The van der Waals surface area contributed by atoms with Gasteiger partial charge in [0.2, 0.25) is 0 Å². The number of fused-ring (bicyclic) bond motifs is 1. The second kappa shape index (κ2) is 9.98. The quantitative estimate of drug-likeness (QED) is 0.153. The van der Waals surface area contributed by atoms with Gasteiger partial charge in [0.25, 0.3) is 11.6 Å². The molecule has 0 aliphatic rings. The number of thioether (sulfide) groups is 1. The number of anilines is 1. The van der Waals surface area contributed by atoms with Crippen molar-refractivity contribution >= 4 is 79.8 Å². The van der Waals surface area contributed by atoms with Crippen LogP contribution in [0.25, 0.3) is 10.2 Å². The lowest BCUT2D eigenvalue weighted by Gasteiger charge is -2.08. The van der Waals surface area contributed by atoms with Crippen molar-refractivity contribution in [3.05, 3.63) is 91.4 Å². The number of hydrogen-bond donors (Lipinski definition) is 2. The van der Waals surface area contributed by atoms with Gasteiger partial charge in [-0.3, -0.25) is 14.9 Å². The molecule has 0 aliphatic heterocycles. The summed E-state index contributed by atoms with van der Waals surface area (Å²) < 4.78 is 1.66. The van der Waals surface area contributed by atoms with E-state index in [1.165, 1.54) is 23.1 Å². The van der Waals surface area contributed by atoms with E-state index in [4.69, 9.17) is 23.2 Å². The predicted octanol–water partition coefficient (Wildman–Crippen LogP) is 6.75. The highest BCUT2D eigenvalue weighted by Gasteiger charge is 2.21. The molecule has 1 aromatic heterocycles. The number of carbonyl (C=O) groups is 2. The number of nitrogens with one attached hydrogen (secondary N) is 1. The Morgan fingerprint density at radius 2 is 1.85 bits per heavy atom. The molecule has 0 saturated carbocycles. The Hall–Kier alpha value is -3.18. The first-order valence-electron chi connectivity index (χ1n) is 9.51. The average Bonchev–Trinajstić information content (AvgIpc) is 3.21. The van der Waals surface area contributed by atoms with Gasteiger partial charge in [0.15, 0.2) is 4.34 Å². The van der Waals surface area contributed by atoms with Crippen LogP contribution in [0.1, 0.15) is 26.3 Å². The summed E-state index contributed by atoms with van der Waals surface area (Å²) in [4.78, 5) is 39.0. The van der Waals surface area contributed by atoms with Gasteiger partial charge in [-0.1, -0.05) is 41.0 Å². The summed E-state index contributed by atoms with van der Waals surface area (Å²) in [5.41, 5.74) is 1.15. The number of thiazole rings is 1. The number of rotatable bonds is 7. The number of carboxylic acids is 1. The smallest absolute Gasteiger partial charge is 0.336 e. The number of nitrogens with zero attached hydrogens (tertiary/aromatic N) is 2. The van der Waals surface area contributed by atoms with Crippen LogP contribution < -0.4 is 5.32 Å². The number of amides is 1. The highest BCUT2D eigenvalue weighted by molar-refractivity contribution is 8.00. The maximum absolute atomic E-state index is 12.7. The number of aromatic carboxylic acids is 1. The molecule has 0 spiro atoms. The van der Waals surface area contributed by atoms with Crippen LogP contribution >= 0.6 is 46.3 Å². The Bertz CT molecular complexity index is 1460. The maximum atomic E-state index is 12.7. The van der Waals surface area contributed by atoms with Gasteiger partial charge >= 0.3 is 5.97 Å². The molecular formula is C22H13Cl2N3O5S2. The van der Waals surface area contributed by atoms with Crippen LogP contribution in [-0.4, -0.2) is 26.9 Å². The molecule has 3 aromatic carbocycles. The second-order valence-corrected chi connectivity index (χ2v) is 10.0. The lowest BCUT2D eigenvalue weighted by molar-refractivity contribution is -0.384. The van der Waals surface area contributed by atoms with Crippen LogP contribution in [0.3, 0.4) is 0 Å². The van der Waals surface area contributed by atoms with E-state index in [1.54, 1.807) is 30.3 Å². The molecule has 0 unspecified atom stereocenters. The summed E-state index contributed by atoms with van der Waals surface area (Å²) in [6.07, 6.45) is 0. The van der Waals surface area contributed by atoms with Crippen LogP contribution in [0.5, 0.6) is 0 Å². The van der Waals surface area contributed by atoms with Gasteiger partial charge < -0.3 is 10.4 Å². The van der Waals surface area contributed by atoms with E-state index >= 15 is 0 Å². The molecule has 4 rings (SSSR count). The molecule has 0 bridgehead atoms. The van der Waals surface area contributed by atoms with Crippen molar-refractivity contribution in [2.24, 2.45) is 0 Å². The van der Waals surface area contributed by atoms with Gasteiger partial charge in [-0.25, -0.2) is 9.78 Å². The maximum Gasteiger partial charge on any atom is 0.336 e. The normalized spacial score (nSPS) is 10.9. The van der Waals surface area contributed by atoms with E-state index in [9.17, 15) is 24.8 Å². The van der Waals surface area contributed by atoms with Crippen molar-refractivity contribution in [1.82, 2.24) is 4.98 Å². The van der Waals surface area contributed by atoms with Gasteiger partial charge in [-0.15, -0.1) is 11.3 Å². The zero-order chi connectivity index (χ0) is 24.4.